The number of hydrogen-bond acceptors (Lipinski definition) is 4. The molecular weight excluding hydrogens is 212 g/mol. The van der Waals surface area contributed by atoms with Crippen molar-refractivity contribution >= 4 is 6.03 Å². The monoisotopic (exact) mass is 232 g/mol. The molecule has 16 heavy (non-hydrogen) atoms. The van der Waals surface area contributed by atoms with Gasteiger partial charge >= 0.3 is 6.03 Å². The van der Waals surface area contributed by atoms with Crippen molar-refractivity contribution in [1.29, 1.82) is 0 Å². The van der Waals surface area contributed by atoms with Crippen molar-refractivity contribution in [3.63, 3.8) is 0 Å². The fourth-order valence-electron chi connectivity index (χ4n) is 1.41. The molecular formula is C10H20N2O4. The lowest BCUT2D eigenvalue weighted by atomic mass is 10.2. The Labute approximate surface area is 95.6 Å². The summed E-state index contributed by atoms with van der Waals surface area (Å²) in [6.07, 6.45) is 2.26. The first kappa shape index (κ1) is 13.2. The first-order valence-corrected chi connectivity index (χ1v) is 5.53. The Morgan fingerprint density at radius 2 is 2.31 bits per heavy atom. The summed E-state index contributed by atoms with van der Waals surface area (Å²) in [5.74, 6) is 0. The zero-order chi connectivity index (χ0) is 11.6. The Morgan fingerprint density at radius 1 is 1.44 bits per heavy atom. The third-order valence-electron chi connectivity index (χ3n) is 2.28. The summed E-state index contributed by atoms with van der Waals surface area (Å²) < 4.78 is 15.3. The molecule has 1 aliphatic rings. The van der Waals surface area contributed by atoms with Crippen LogP contribution in [0.4, 0.5) is 4.79 Å². The Balaban J connectivity index is 1.90. The average molecular weight is 232 g/mol. The second-order valence-corrected chi connectivity index (χ2v) is 3.57. The van der Waals surface area contributed by atoms with Gasteiger partial charge in [0.15, 0.2) is 0 Å². The lowest BCUT2D eigenvalue weighted by Crippen LogP contribution is -2.40. The second kappa shape index (κ2) is 8.32. The quantitative estimate of drug-likeness (QED) is 0.482. The lowest BCUT2D eigenvalue weighted by molar-refractivity contribution is 0.0636. The van der Waals surface area contributed by atoms with Crippen LogP contribution in [-0.4, -0.2) is 52.3 Å². The van der Waals surface area contributed by atoms with Crippen LogP contribution in [0.2, 0.25) is 0 Å². The Bertz CT molecular complexity index is 195. The highest BCUT2D eigenvalue weighted by molar-refractivity contribution is 5.73. The van der Waals surface area contributed by atoms with Gasteiger partial charge in [-0.2, -0.15) is 0 Å². The van der Waals surface area contributed by atoms with E-state index in [2.05, 4.69) is 10.6 Å². The van der Waals surface area contributed by atoms with E-state index in [4.69, 9.17) is 14.2 Å². The molecule has 1 aliphatic heterocycles. The minimum Gasteiger partial charge on any atom is -0.382 e. The number of carbonyl (C=O) groups is 1. The van der Waals surface area contributed by atoms with Crippen LogP contribution >= 0.6 is 0 Å². The number of nitrogens with one attached hydrogen (secondary N) is 2. The first-order chi connectivity index (χ1) is 7.83. The van der Waals surface area contributed by atoms with Gasteiger partial charge in [-0.05, 0) is 12.8 Å². The molecule has 2 amide bonds. The second-order valence-electron chi connectivity index (χ2n) is 3.57. The van der Waals surface area contributed by atoms with Crippen molar-refractivity contribution in [2.75, 3.05) is 40.2 Å². The zero-order valence-electron chi connectivity index (χ0n) is 9.66. The van der Waals surface area contributed by atoms with Gasteiger partial charge in [-0.3, -0.25) is 0 Å². The van der Waals surface area contributed by atoms with Crippen LogP contribution < -0.4 is 10.6 Å². The highest BCUT2D eigenvalue weighted by Crippen LogP contribution is 2.10. The molecule has 1 unspecified atom stereocenters. The van der Waals surface area contributed by atoms with Crippen molar-refractivity contribution in [1.82, 2.24) is 10.6 Å². The smallest absolute Gasteiger partial charge is 0.316 e. The van der Waals surface area contributed by atoms with Crippen LogP contribution in [0.1, 0.15) is 12.8 Å². The molecule has 2 N–H and O–H groups in total. The summed E-state index contributed by atoms with van der Waals surface area (Å²) >= 11 is 0. The number of ether oxygens (including phenoxy) is 3. The van der Waals surface area contributed by atoms with Crippen LogP contribution in [0.3, 0.4) is 0 Å². The number of rotatable bonds is 7. The number of methoxy groups -OCH3 is 1. The van der Waals surface area contributed by atoms with Crippen LogP contribution in [0.25, 0.3) is 0 Å². The summed E-state index contributed by atoms with van der Waals surface area (Å²) in [4.78, 5) is 11.2. The molecule has 0 spiro atoms. The average Bonchev–Trinajstić information content (AvgIpc) is 2.79. The van der Waals surface area contributed by atoms with Crippen molar-refractivity contribution in [2.24, 2.45) is 0 Å². The fraction of sp³-hybridized carbons (Fsp3) is 0.900. The van der Waals surface area contributed by atoms with Crippen molar-refractivity contribution in [3.05, 3.63) is 0 Å². The molecule has 1 atom stereocenters. The highest BCUT2D eigenvalue weighted by Gasteiger charge is 2.15. The predicted octanol–water partition coefficient (Wildman–Crippen LogP) is 0.0851. The normalized spacial score (nSPS) is 19.7. The molecule has 1 fully saturated rings. The van der Waals surface area contributed by atoms with E-state index >= 15 is 0 Å². The fourth-order valence-corrected chi connectivity index (χ4v) is 1.41. The molecule has 0 aliphatic carbocycles. The Morgan fingerprint density at radius 3 is 3.00 bits per heavy atom. The van der Waals surface area contributed by atoms with Gasteiger partial charge in [-0.1, -0.05) is 0 Å². The van der Waals surface area contributed by atoms with Gasteiger partial charge in [0, 0.05) is 20.3 Å². The molecule has 0 radical (unpaired) electrons. The van der Waals surface area contributed by atoms with E-state index < -0.39 is 0 Å². The molecule has 1 rings (SSSR count). The SMILES string of the molecule is COCCOCNC(=O)NCC1CCCO1. The molecule has 0 aromatic heterocycles. The van der Waals surface area contributed by atoms with Crippen molar-refractivity contribution < 1.29 is 19.0 Å². The standard InChI is InChI=1S/C10H20N2O4/c1-14-5-6-15-8-12-10(13)11-7-9-3-2-4-16-9/h9H,2-8H2,1H3,(H2,11,12,13). The van der Waals surface area contributed by atoms with Gasteiger partial charge in [0.05, 0.1) is 19.3 Å². The maximum Gasteiger partial charge on any atom is 0.316 e. The molecule has 0 saturated carbocycles. The third kappa shape index (κ3) is 5.89. The Kier molecular flexibility index (Phi) is 6.87. The summed E-state index contributed by atoms with van der Waals surface area (Å²) in [6, 6.07) is -0.229. The number of urea groups is 1. The molecule has 6 heteroatoms. The summed E-state index contributed by atoms with van der Waals surface area (Å²) in [7, 11) is 1.60. The predicted molar refractivity (Wildman–Crippen MR) is 58.2 cm³/mol. The van der Waals surface area contributed by atoms with Crippen LogP contribution in [0.15, 0.2) is 0 Å². The molecule has 1 heterocycles. The summed E-state index contributed by atoms with van der Waals surface area (Å²) in [6.45, 7) is 2.56. The Hall–Kier alpha value is -0.850. The van der Waals surface area contributed by atoms with E-state index in [-0.39, 0.29) is 18.9 Å². The summed E-state index contributed by atoms with van der Waals surface area (Å²) in [5.41, 5.74) is 0. The largest absolute Gasteiger partial charge is 0.382 e. The zero-order valence-corrected chi connectivity index (χ0v) is 9.66. The maximum atomic E-state index is 11.2. The van der Waals surface area contributed by atoms with E-state index in [0.29, 0.717) is 19.8 Å². The van der Waals surface area contributed by atoms with Crippen molar-refractivity contribution in [3.8, 4) is 0 Å². The number of carbonyl (C=O) groups excluding carboxylic acids is 1. The number of amides is 2. The summed E-state index contributed by atoms with van der Waals surface area (Å²) in [5, 5.41) is 5.31. The van der Waals surface area contributed by atoms with Gasteiger partial charge in [-0.15, -0.1) is 0 Å². The highest BCUT2D eigenvalue weighted by atomic mass is 16.5. The topological polar surface area (TPSA) is 68.8 Å². The minimum absolute atomic E-state index is 0.167. The van der Waals surface area contributed by atoms with Gasteiger partial charge in [0.1, 0.15) is 6.73 Å². The van der Waals surface area contributed by atoms with Crippen LogP contribution in [0.5, 0.6) is 0 Å². The van der Waals surface area contributed by atoms with E-state index in [0.717, 1.165) is 19.4 Å². The minimum atomic E-state index is -0.229. The molecule has 0 aromatic carbocycles. The van der Waals surface area contributed by atoms with Gasteiger partial charge < -0.3 is 24.8 Å². The van der Waals surface area contributed by atoms with Gasteiger partial charge in [-0.25, -0.2) is 4.79 Å². The molecule has 1 saturated heterocycles. The van der Waals surface area contributed by atoms with Crippen LogP contribution in [0, 0.1) is 0 Å². The molecule has 94 valence electrons. The van der Waals surface area contributed by atoms with Crippen molar-refractivity contribution in [2.45, 2.75) is 18.9 Å². The van der Waals surface area contributed by atoms with E-state index in [1.54, 1.807) is 7.11 Å². The van der Waals surface area contributed by atoms with E-state index in [9.17, 15) is 4.79 Å². The molecule has 0 aromatic rings. The third-order valence-corrected chi connectivity index (χ3v) is 2.28. The first-order valence-electron chi connectivity index (χ1n) is 5.53. The van der Waals surface area contributed by atoms with Crippen LogP contribution in [-0.2, 0) is 14.2 Å². The van der Waals surface area contributed by atoms with E-state index in [1.807, 2.05) is 0 Å². The van der Waals surface area contributed by atoms with Gasteiger partial charge in [0.25, 0.3) is 0 Å². The molecule has 0 bridgehead atoms. The lowest BCUT2D eigenvalue weighted by Gasteiger charge is -2.11. The number of hydrogen-bond donors (Lipinski definition) is 2. The van der Waals surface area contributed by atoms with Gasteiger partial charge in [0.2, 0.25) is 0 Å². The molecule has 6 nitrogen and oxygen atoms in total. The maximum absolute atomic E-state index is 11.2. The van der Waals surface area contributed by atoms with E-state index in [1.165, 1.54) is 0 Å².